The lowest BCUT2D eigenvalue weighted by atomic mass is 10.1. The highest BCUT2D eigenvalue weighted by Crippen LogP contribution is 2.30. The number of carbonyl (C=O) groups is 1. The summed E-state index contributed by atoms with van der Waals surface area (Å²) in [7, 11) is 0. The number of hydrogen-bond acceptors (Lipinski definition) is 4. The second kappa shape index (κ2) is 6.25. The monoisotopic (exact) mass is 371 g/mol. The molecular weight excluding hydrogens is 363 g/mol. The zero-order valence-electron chi connectivity index (χ0n) is 12.3. The summed E-state index contributed by atoms with van der Waals surface area (Å²) in [5.74, 6) is -2.36. The Morgan fingerprint density at radius 2 is 1.96 bits per heavy atom. The summed E-state index contributed by atoms with van der Waals surface area (Å²) >= 11 is 6.12. The maximum atomic E-state index is 12.2. The number of rotatable bonds is 3. The van der Waals surface area contributed by atoms with Gasteiger partial charge in [0.05, 0.1) is 11.3 Å². The van der Waals surface area contributed by atoms with Crippen LogP contribution in [0.2, 0.25) is 5.15 Å². The summed E-state index contributed by atoms with van der Waals surface area (Å²) in [4.78, 5) is 27.0. The number of carbonyl (C=O) groups excluding carboxylic acids is 1. The van der Waals surface area contributed by atoms with Crippen molar-refractivity contribution in [3.8, 4) is 11.1 Å². The highest BCUT2D eigenvalue weighted by molar-refractivity contribution is 6.33. The van der Waals surface area contributed by atoms with Crippen molar-refractivity contribution in [2.24, 2.45) is 0 Å². The first-order valence-electron chi connectivity index (χ1n) is 6.87. The molecule has 10 heteroatoms. The second-order valence-corrected chi connectivity index (χ2v) is 5.36. The normalized spacial score (nSPS) is 11.7. The largest absolute Gasteiger partial charge is 0.490 e. The average Bonchev–Trinajstić information content (AvgIpc) is 2.89. The van der Waals surface area contributed by atoms with E-state index in [-0.39, 0.29) is 16.5 Å². The van der Waals surface area contributed by atoms with Gasteiger partial charge in [0.1, 0.15) is 11.8 Å². The predicted molar refractivity (Wildman–Crippen MR) is 82.1 cm³/mol. The fourth-order valence-corrected chi connectivity index (χ4v) is 2.49. The van der Waals surface area contributed by atoms with Crippen molar-refractivity contribution in [3.05, 3.63) is 57.6 Å². The Bertz CT molecular complexity index is 996. The number of nitrogens with one attached hydrogen (secondary N) is 1. The number of ether oxygens (including phenoxy) is 1. The minimum absolute atomic E-state index is 0.113. The maximum absolute atomic E-state index is 12.2. The number of aromatic amines is 1. The summed E-state index contributed by atoms with van der Waals surface area (Å²) in [6.45, 7) is -0.791. The molecule has 0 fully saturated rings. The molecule has 1 aromatic carbocycles. The van der Waals surface area contributed by atoms with Gasteiger partial charge in [0.25, 0.3) is 5.56 Å². The summed E-state index contributed by atoms with van der Waals surface area (Å²) in [5.41, 5.74) is 0.440. The highest BCUT2D eigenvalue weighted by Gasteiger charge is 2.41. The Balaban J connectivity index is 2.03. The van der Waals surface area contributed by atoms with Crippen molar-refractivity contribution in [1.82, 2.24) is 14.6 Å². The van der Waals surface area contributed by atoms with Gasteiger partial charge in [-0.05, 0) is 5.56 Å². The van der Waals surface area contributed by atoms with Gasteiger partial charge in [0.2, 0.25) is 0 Å². The quantitative estimate of drug-likeness (QED) is 0.718. The Hall–Kier alpha value is -2.81. The van der Waals surface area contributed by atoms with Gasteiger partial charge in [-0.3, -0.25) is 9.89 Å². The number of halogens is 4. The molecule has 0 aliphatic carbocycles. The van der Waals surface area contributed by atoms with Crippen molar-refractivity contribution in [2.45, 2.75) is 12.8 Å². The lowest BCUT2D eigenvalue weighted by Gasteiger charge is -2.07. The molecule has 0 amide bonds. The number of benzene rings is 1. The molecule has 25 heavy (non-hydrogen) atoms. The van der Waals surface area contributed by atoms with Crippen molar-refractivity contribution in [3.63, 3.8) is 0 Å². The molecule has 0 saturated heterocycles. The Morgan fingerprint density at radius 3 is 2.60 bits per heavy atom. The molecule has 0 bridgehead atoms. The molecule has 3 rings (SSSR count). The molecule has 6 nitrogen and oxygen atoms in total. The second-order valence-electron chi connectivity index (χ2n) is 4.99. The van der Waals surface area contributed by atoms with Gasteiger partial charge in [-0.1, -0.05) is 41.9 Å². The van der Waals surface area contributed by atoms with E-state index in [1.807, 2.05) is 0 Å². The van der Waals surface area contributed by atoms with Crippen molar-refractivity contribution < 1.29 is 22.7 Å². The predicted octanol–water partition coefficient (Wildman–Crippen LogP) is 2.95. The lowest BCUT2D eigenvalue weighted by molar-refractivity contribution is -0.201. The number of hydrogen-bond donors (Lipinski definition) is 1. The van der Waals surface area contributed by atoms with E-state index in [0.717, 1.165) is 10.6 Å². The first-order chi connectivity index (χ1) is 11.8. The molecule has 2 aromatic heterocycles. The van der Waals surface area contributed by atoms with E-state index >= 15 is 0 Å². The number of aromatic nitrogens is 3. The molecule has 0 unspecified atom stereocenters. The van der Waals surface area contributed by atoms with E-state index in [2.05, 4.69) is 14.8 Å². The topological polar surface area (TPSA) is 76.5 Å². The van der Waals surface area contributed by atoms with Crippen molar-refractivity contribution in [2.75, 3.05) is 0 Å². The van der Waals surface area contributed by atoms with E-state index in [1.165, 1.54) is 0 Å². The van der Waals surface area contributed by atoms with Gasteiger partial charge in [0.15, 0.2) is 5.65 Å². The molecule has 3 aromatic rings. The summed E-state index contributed by atoms with van der Waals surface area (Å²) in [6, 6.07) is 9.71. The van der Waals surface area contributed by atoms with Crippen LogP contribution >= 0.6 is 11.6 Å². The van der Waals surface area contributed by atoms with Crippen molar-refractivity contribution in [1.29, 1.82) is 0 Å². The van der Waals surface area contributed by atoms with E-state index in [9.17, 15) is 22.8 Å². The first kappa shape index (κ1) is 17.0. The number of H-pyrrole nitrogens is 1. The molecule has 2 heterocycles. The molecular formula is C15H9ClF3N3O3. The molecule has 0 radical (unpaired) electrons. The fraction of sp³-hybridized carbons (Fsp3) is 0.133. The zero-order valence-corrected chi connectivity index (χ0v) is 13.1. The summed E-state index contributed by atoms with van der Waals surface area (Å²) in [6.07, 6.45) is -5.12. The number of nitrogens with zero attached hydrogens (tertiary/aromatic N) is 2. The first-order valence-corrected chi connectivity index (χ1v) is 7.24. The van der Waals surface area contributed by atoms with Crippen LogP contribution in [0.5, 0.6) is 0 Å². The van der Waals surface area contributed by atoms with Crippen LogP contribution in [0.4, 0.5) is 13.2 Å². The van der Waals surface area contributed by atoms with Gasteiger partial charge >= 0.3 is 12.1 Å². The third kappa shape index (κ3) is 3.36. The van der Waals surface area contributed by atoms with Crippen LogP contribution in [0.1, 0.15) is 5.69 Å². The standard InChI is InChI=1S/C15H9ClF3N3O3/c16-12-11(8-4-2-1-3-5-8)13-20-9(6-10(23)22(13)21-12)7-25-14(24)15(17,18)19/h1-6,21H,7H2. The number of fused-ring (bicyclic) bond motifs is 1. The zero-order chi connectivity index (χ0) is 18.2. The minimum Gasteiger partial charge on any atom is -0.453 e. The van der Waals surface area contributed by atoms with E-state index in [0.29, 0.717) is 11.1 Å². The van der Waals surface area contributed by atoms with E-state index in [4.69, 9.17) is 11.6 Å². The van der Waals surface area contributed by atoms with Crippen molar-refractivity contribution >= 4 is 23.2 Å². The van der Waals surface area contributed by atoms with Gasteiger partial charge in [-0.2, -0.15) is 17.7 Å². The minimum atomic E-state index is -5.12. The Morgan fingerprint density at radius 1 is 1.28 bits per heavy atom. The summed E-state index contributed by atoms with van der Waals surface area (Å²) < 4.78 is 41.8. The maximum Gasteiger partial charge on any atom is 0.490 e. The third-order valence-electron chi connectivity index (χ3n) is 3.27. The van der Waals surface area contributed by atoms with Crippen LogP contribution in [0.25, 0.3) is 16.8 Å². The average molecular weight is 372 g/mol. The third-order valence-corrected chi connectivity index (χ3v) is 3.54. The number of alkyl halides is 3. The van der Waals surface area contributed by atoms with Gasteiger partial charge in [-0.25, -0.2) is 9.78 Å². The summed E-state index contributed by atoms with van der Waals surface area (Å²) in [5, 5.41) is 2.77. The van der Waals surface area contributed by atoms with Crippen LogP contribution in [0.3, 0.4) is 0 Å². The van der Waals surface area contributed by atoms with Gasteiger partial charge in [-0.15, -0.1) is 0 Å². The molecule has 130 valence electrons. The lowest BCUT2D eigenvalue weighted by Crippen LogP contribution is -2.25. The van der Waals surface area contributed by atoms with Crippen LogP contribution in [-0.4, -0.2) is 26.7 Å². The number of esters is 1. The molecule has 0 aliphatic heterocycles. The Kier molecular flexibility index (Phi) is 4.25. The molecule has 0 atom stereocenters. The van der Waals surface area contributed by atoms with Gasteiger partial charge in [0, 0.05) is 6.07 Å². The van der Waals surface area contributed by atoms with Crippen LogP contribution < -0.4 is 5.56 Å². The molecule has 0 spiro atoms. The van der Waals surface area contributed by atoms with Crippen LogP contribution in [0, 0.1) is 0 Å². The SMILES string of the molecule is O=C(OCc1cc(=O)n2[nH]c(Cl)c(-c3ccccc3)c2n1)C(F)(F)F. The smallest absolute Gasteiger partial charge is 0.453 e. The van der Waals surface area contributed by atoms with Crippen LogP contribution in [-0.2, 0) is 16.1 Å². The van der Waals surface area contributed by atoms with Gasteiger partial charge < -0.3 is 4.74 Å². The van der Waals surface area contributed by atoms with E-state index in [1.54, 1.807) is 30.3 Å². The molecule has 1 N–H and O–H groups in total. The van der Waals surface area contributed by atoms with E-state index < -0.39 is 24.3 Å². The van der Waals surface area contributed by atoms with Crippen LogP contribution in [0.15, 0.2) is 41.2 Å². The Labute approximate surface area is 142 Å². The molecule has 0 saturated carbocycles. The molecule has 0 aliphatic rings. The fourth-order valence-electron chi connectivity index (χ4n) is 2.21. The highest BCUT2D eigenvalue weighted by atomic mass is 35.5.